The van der Waals surface area contributed by atoms with Gasteiger partial charge in [-0.2, -0.15) is 4.98 Å². The van der Waals surface area contributed by atoms with Gasteiger partial charge in [0.15, 0.2) is 5.82 Å². The van der Waals surface area contributed by atoms with Gasteiger partial charge >= 0.3 is 12.1 Å². The second-order valence-electron chi connectivity index (χ2n) is 10.2. The maximum atomic E-state index is 14.9. The SMILES string of the molecule is CCOc1cnc(NC(=O)N(C)[C@H]2CN(c3nccc(OC(=O)N[C@H]4C[C@@H]5C[C@@H]4N(C)C5)n3)CC[C@H]2F)cn1. The van der Waals surface area contributed by atoms with Gasteiger partial charge in [-0.3, -0.25) is 5.32 Å². The molecule has 5 atom stereocenters. The zero-order valence-corrected chi connectivity index (χ0v) is 22.3. The van der Waals surface area contributed by atoms with Crippen LogP contribution in [0.3, 0.4) is 0 Å². The number of amides is 3. The fourth-order valence-corrected chi connectivity index (χ4v) is 5.67. The first-order valence-corrected chi connectivity index (χ1v) is 13.2. The molecule has 2 bridgehead atoms. The van der Waals surface area contributed by atoms with Crippen molar-refractivity contribution in [3.8, 4) is 11.8 Å². The molecule has 0 unspecified atom stereocenters. The Balaban J connectivity index is 1.18. The average molecular weight is 544 g/mol. The fraction of sp³-hybridized carbons (Fsp3) is 0.600. The Morgan fingerprint density at radius 3 is 2.74 bits per heavy atom. The zero-order valence-electron chi connectivity index (χ0n) is 22.3. The summed E-state index contributed by atoms with van der Waals surface area (Å²) in [6.45, 7) is 3.86. The molecule has 2 aromatic heterocycles. The fourth-order valence-electron chi connectivity index (χ4n) is 5.67. The Bertz CT molecular complexity index is 1170. The molecule has 1 aliphatic carbocycles. The van der Waals surface area contributed by atoms with Crippen molar-refractivity contribution in [3.05, 3.63) is 24.7 Å². The number of fused-ring (bicyclic) bond motifs is 2. The van der Waals surface area contributed by atoms with Crippen LogP contribution in [0.1, 0.15) is 26.2 Å². The number of nitrogens with zero attached hydrogens (tertiary/aromatic N) is 7. The van der Waals surface area contributed by atoms with Crippen LogP contribution in [0.2, 0.25) is 0 Å². The molecule has 0 spiro atoms. The molecule has 0 aromatic carbocycles. The first-order valence-electron chi connectivity index (χ1n) is 13.2. The Morgan fingerprint density at radius 2 is 2.03 bits per heavy atom. The number of carbonyl (C=O) groups excluding carboxylic acids is 2. The second-order valence-corrected chi connectivity index (χ2v) is 10.2. The van der Waals surface area contributed by atoms with Crippen LogP contribution in [0.15, 0.2) is 24.7 Å². The second kappa shape index (κ2) is 11.5. The molecule has 2 N–H and O–H groups in total. The summed E-state index contributed by atoms with van der Waals surface area (Å²) in [5.41, 5.74) is 0. The van der Waals surface area contributed by atoms with Gasteiger partial charge in [-0.25, -0.2) is 28.9 Å². The van der Waals surface area contributed by atoms with E-state index in [-0.39, 0.29) is 30.7 Å². The third-order valence-corrected chi connectivity index (χ3v) is 7.61. The van der Waals surface area contributed by atoms with Crippen LogP contribution < -0.4 is 25.0 Å². The van der Waals surface area contributed by atoms with Gasteiger partial charge in [0.25, 0.3) is 0 Å². The van der Waals surface area contributed by atoms with Crippen molar-refractivity contribution in [1.29, 1.82) is 0 Å². The van der Waals surface area contributed by atoms with E-state index < -0.39 is 24.3 Å². The molecule has 2 aromatic rings. The van der Waals surface area contributed by atoms with E-state index in [2.05, 4.69) is 42.5 Å². The highest BCUT2D eigenvalue weighted by Crippen LogP contribution is 2.36. The van der Waals surface area contributed by atoms with E-state index in [1.54, 1.807) is 4.90 Å². The van der Waals surface area contributed by atoms with Crippen LogP contribution in [-0.4, -0.2) is 106 Å². The first kappa shape index (κ1) is 26.8. The normalized spacial score (nSPS) is 26.3. The summed E-state index contributed by atoms with van der Waals surface area (Å²) < 4.78 is 25.7. The highest BCUT2D eigenvalue weighted by atomic mass is 19.1. The highest BCUT2D eigenvalue weighted by molar-refractivity contribution is 5.88. The molecule has 2 saturated heterocycles. The number of carbonyl (C=O) groups is 2. The summed E-state index contributed by atoms with van der Waals surface area (Å²) in [7, 11) is 3.60. The minimum absolute atomic E-state index is 0.0576. The lowest BCUT2D eigenvalue weighted by Crippen LogP contribution is -2.55. The van der Waals surface area contributed by atoms with Crippen LogP contribution >= 0.6 is 0 Å². The third kappa shape index (κ3) is 6.10. The molecular formula is C25H34FN9O4. The summed E-state index contributed by atoms with van der Waals surface area (Å²) >= 11 is 0. The molecular weight excluding hydrogens is 509 g/mol. The zero-order chi connectivity index (χ0) is 27.5. The van der Waals surface area contributed by atoms with E-state index in [0.717, 1.165) is 19.4 Å². The molecule has 1 saturated carbocycles. The Kier molecular flexibility index (Phi) is 7.91. The number of ether oxygens (including phenoxy) is 2. The number of likely N-dealkylation sites (tertiary alicyclic amines) is 1. The molecule has 13 nitrogen and oxygen atoms in total. The molecule has 3 amide bonds. The number of alkyl halides is 1. The predicted octanol–water partition coefficient (Wildman–Crippen LogP) is 1.93. The monoisotopic (exact) mass is 543 g/mol. The maximum Gasteiger partial charge on any atom is 0.414 e. The summed E-state index contributed by atoms with van der Waals surface area (Å²) in [5.74, 6) is 1.58. The van der Waals surface area contributed by atoms with Gasteiger partial charge in [0.2, 0.25) is 17.7 Å². The standard InChI is InChI=1S/C25H34FN9O4/c1-4-38-22-12-28-20(11-29-22)31-24(36)34(3)19-14-35(8-6-16(19)26)23-27-7-5-21(32-23)39-25(37)30-17-9-15-10-18(17)33(2)13-15/h5,7,11-12,15-19H,4,6,8-10,13-14H2,1-3H3,(H,30,37)(H,28,31,36)/t15-,16-,17+,18+,19+/m1/s1. The Morgan fingerprint density at radius 1 is 1.18 bits per heavy atom. The van der Waals surface area contributed by atoms with Crippen LogP contribution in [0.5, 0.6) is 11.8 Å². The predicted molar refractivity (Wildman–Crippen MR) is 140 cm³/mol. The van der Waals surface area contributed by atoms with Crippen molar-refractivity contribution in [3.63, 3.8) is 0 Å². The van der Waals surface area contributed by atoms with E-state index >= 15 is 0 Å². The number of rotatable bonds is 7. The highest BCUT2D eigenvalue weighted by Gasteiger charge is 2.44. The third-order valence-electron chi connectivity index (χ3n) is 7.61. The minimum Gasteiger partial charge on any atom is -0.477 e. The van der Waals surface area contributed by atoms with Crippen LogP contribution in [0.4, 0.5) is 25.7 Å². The summed E-state index contributed by atoms with van der Waals surface area (Å²) in [6, 6.07) is 0.608. The molecule has 14 heteroatoms. The number of aromatic nitrogens is 4. The summed E-state index contributed by atoms with van der Waals surface area (Å²) in [6.07, 6.45) is 4.69. The number of anilines is 2. The quantitative estimate of drug-likeness (QED) is 0.533. The molecule has 4 heterocycles. The van der Waals surface area contributed by atoms with Crippen LogP contribution in [0, 0.1) is 5.92 Å². The molecule has 2 aliphatic heterocycles. The average Bonchev–Trinajstić information content (AvgIpc) is 3.49. The molecule has 5 rings (SSSR count). The largest absolute Gasteiger partial charge is 0.477 e. The minimum atomic E-state index is -1.24. The number of urea groups is 1. The van der Waals surface area contributed by atoms with Gasteiger partial charge in [-0.15, -0.1) is 0 Å². The van der Waals surface area contributed by atoms with Crippen molar-refractivity contribution in [2.75, 3.05) is 50.6 Å². The lowest BCUT2D eigenvalue weighted by molar-refractivity contribution is 0.133. The van der Waals surface area contributed by atoms with Crippen molar-refractivity contribution in [2.24, 2.45) is 5.92 Å². The summed E-state index contributed by atoms with van der Waals surface area (Å²) in [4.78, 5) is 47.6. The Hall–Kier alpha value is -3.81. The number of piperidine rings is 2. The van der Waals surface area contributed by atoms with Crippen molar-refractivity contribution < 1.29 is 23.5 Å². The van der Waals surface area contributed by atoms with Crippen LogP contribution in [0.25, 0.3) is 0 Å². The number of nitrogens with one attached hydrogen (secondary N) is 2. The van der Waals surface area contributed by atoms with Gasteiger partial charge in [-0.1, -0.05) is 0 Å². The number of hydrogen-bond acceptors (Lipinski definition) is 10. The van der Waals surface area contributed by atoms with Gasteiger partial charge in [0.05, 0.1) is 25.0 Å². The molecule has 210 valence electrons. The topological polar surface area (TPSA) is 138 Å². The lowest BCUT2D eigenvalue weighted by atomic mass is 10.0. The lowest BCUT2D eigenvalue weighted by Gasteiger charge is -2.39. The smallest absolute Gasteiger partial charge is 0.414 e. The number of likely N-dealkylation sites (N-methyl/N-ethyl adjacent to an activating group) is 2. The van der Waals surface area contributed by atoms with Gasteiger partial charge < -0.3 is 29.5 Å². The van der Waals surface area contributed by atoms with Crippen LogP contribution in [-0.2, 0) is 0 Å². The molecule has 3 fully saturated rings. The van der Waals surface area contributed by atoms with Crippen molar-refractivity contribution in [2.45, 2.75) is 50.5 Å². The molecule has 39 heavy (non-hydrogen) atoms. The molecule has 3 aliphatic rings. The molecule has 0 radical (unpaired) electrons. The number of halogens is 1. The van der Waals surface area contributed by atoms with Gasteiger partial charge in [-0.05, 0) is 39.2 Å². The van der Waals surface area contributed by atoms with Crippen molar-refractivity contribution >= 4 is 23.9 Å². The van der Waals surface area contributed by atoms with E-state index in [0.29, 0.717) is 36.9 Å². The van der Waals surface area contributed by atoms with Gasteiger partial charge in [0.1, 0.15) is 6.17 Å². The summed E-state index contributed by atoms with van der Waals surface area (Å²) in [5, 5.41) is 5.59. The number of hydrogen-bond donors (Lipinski definition) is 2. The van der Waals surface area contributed by atoms with E-state index in [1.165, 1.54) is 36.6 Å². The van der Waals surface area contributed by atoms with Crippen molar-refractivity contribution in [1.82, 2.24) is 35.1 Å². The van der Waals surface area contributed by atoms with E-state index in [4.69, 9.17) is 9.47 Å². The van der Waals surface area contributed by atoms with E-state index in [9.17, 15) is 14.0 Å². The van der Waals surface area contributed by atoms with E-state index in [1.807, 2.05) is 6.92 Å². The van der Waals surface area contributed by atoms with Gasteiger partial charge in [0, 0.05) is 51.0 Å². The Labute approximate surface area is 226 Å². The maximum absolute atomic E-state index is 14.9. The first-order chi connectivity index (χ1) is 18.8.